The monoisotopic (exact) mass is 327 g/mol. The first-order valence-electron chi connectivity index (χ1n) is 8.53. The Kier molecular flexibility index (Phi) is 4.83. The summed E-state index contributed by atoms with van der Waals surface area (Å²) in [5.74, 6) is 1.00. The number of hydrogen-bond donors (Lipinski definition) is 1. The Bertz CT molecular complexity index is 669. The van der Waals surface area contributed by atoms with E-state index in [4.69, 9.17) is 0 Å². The van der Waals surface area contributed by atoms with Crippen molar-refractivity contribution < 1.29 is 4.79 Å². The quantitative estimate of drug-likeness (QED) is 0.937. The Morgan fingerprint density at radius 1 is 1.21 bits per heavy atom. The van der Waals surface area contributed by atoms with E-state index in [2.05, 4.69) is 32.2 Å². The third-order valence-electron chi connectivity index (χ3n) is 4.80. The first-order valence-corrected chi connectivity index (χ1v) is 8.53. The molecule has 0 saturated carbocycles. The van der Waals surface area contributed by atoms with E-state index in [1.807, 2.05) is 37.8 Å². The van der Waals surface area contributed by atoms with Crippen molar-refractivity contribution in [2.24, 2.45) is 0 Å². The number of anilines is 1. The van der Waals surface area contributed by atoms with Gasteiger partial charge in [0.15, 0.2) is 0 Å². The minimum atomic E-state index is -0.149. The number of piperidine rings is 1. The molecule has 1 N–H and O–H groups in total. The fourth-order valence-electron chi connectivity index (χ4n) is 3.50. The minimum absolute atomic E-state index is 0.149. The van der Waals surface area contributed by atoms with Gasteiger partial charge in [0.2, 0.25) is 5.91 Å². The van der Waals surface area contributed by atoms with E-state index in [9.17, 15) is 4.79 Å². The lowest BCUT2D eigenvalue weighted by Gasteiger charge is -2.34. The predicted octanol–water partition coefficient (Wildman–Crippen LogP) is 2.56. The van der Waals surface area contributed by atoms with Crippen LogP contribution in [0.25, 0.3) is 0 Å². The highest BCUT2D eigenvalue weighted by Crippen LogP contribution is 2.21. The van der Waals surface area contributed by atoms with Gasteiger partial charge in [0.1, 0.15) is 11.9 Å². The van der Waals surface area contributed by atoms with Gasteiger partial charge in [-0.3, -0.25) is 4.79 Å². The van der Waals surface area contributed by atoms with Crippen LogP contribution in [-0.4, -0.2) is 44.7 Å². The number of hydrogen-bond acceptors (Lipinski definition) is 4. The molecule has 1 amide bonds. The molecule has 2 aromatic rings. The van der Waals surface area contributed by atoms with Crippen molar-refractivity contribution in [3.63, 3.8) is 0 Å². The molecule has 6 nitrogen and oxygen atoms in total. The van der Waals surface area contributed by atoms with E-state index in [-0.39, 0.29) is 11.9 Å². The second-order valence-corrected chi connectivity index (χ2v) is 6.51. The summed E-state index contributed by atoms with van der Waals surface area (Å²) >= 11 is 0. The SMILES string of the molecule is Cc1ccc(C)n1C(C)C(=O)N1CCC(Nc2cccnn2)CC1. The number of nitrogens with zero attached hydrogens (tertiary/aromatic N) is 4. The van der Waals surface area contributed by atoms with E-state index in [1.54, 1.807) is 6.20 Å². The van der Waals surface area contributed by atoms with Gasteiger partial charge in [-0.05, 0) is 57.9 Å². The summed E-state index contributed by atoms with van der Waals surface area (Å²) in [4.78, 5) is 14.8. The van der Waals surface area contributed by atoms with Crippen LogP contribution in [0.3, 0.4) is 0 Å². The van der Waals surface area contributed by atoms with Gasteiger partial charge in [-0.2, -0.15) is 5.10 Å². The second-order valence-electron chi connectivity index (χ2n) is 6.51. The van der Waals surface area contributed by atoms with Gasteiger partial charge >= 0.3 is 0 Å². The number of aryl methyl sites for hydroxylation is 2. The second kappa shape index (κ2) is 7.03. The lowest BCUT2D eigenvalue weighted by Crippen LogP contribution is -2.45. The molecule has 1 saturated heterocycles. The summed E-state index contributed by atoms with van der Waals surface area (Å²) in [6.45, 7) is 7.65. The van der Waals surface area contributed by atoms with Crippen LogP contribution in [0.1, 0.15) is 37.2 Å². The zero-order valence-corrected chi connectivity index (χ0v) is 14.6. The molecule has 0 radical (unpaired) electrons. The van der Waals surface area contributed by atoms with Crippen molar-refractivity contribution in [2.45, 2.75) is 45.7 Å². The zero-order chi connectivity index (χ0) is 17.1. The summed E-state index contributed by atoms with van der Waals surface area (Å²) in [6.07, 6.45) is 3.52. The van der Waals surface area contributed by atoms with Gasteiger partial charge in [0, 0.05) is 36.7 Å². The van der Waals surface area contributed by atoms with Crippen LogP contribution < -0.4 is 5.32 Å². The van der Waals surface area contributed by atoms with E-state index in [0.29, 0.717) is 6.04 Å². The third kappa shape index (κ3) is 3.42. The average Bonchev–Trinajstić information content (AvgIpc) is 2.94. The van der Waals surface area contributed by atoms with Gasteiger partial charge in [0.05, 0.1) is 0 Å². The molecule has 1 atom stereocenters. The molecule has 3 heterocycles. The van der Waals surface area contributed by atoms with E-state index in [0.717, 1.165) is 43.1 Å². The van der Waals surface area contributed by atoms with Crippen molar-refractivity contribution in [3.05, 3.63) is 41.9 Å². The zero-order valence-electron chi connectivity index (χ0n) is 14.6. The van der Waals surface area contributed by atoms with E-state index < -0.39 is 0 Å². The maximum atomic E-state index is 12.8. The van der Waals surface area contributed by atoms with Gasteiger partial charge in [0.25, 0.3) is 0 Å². The highest BCUT2D eigenvalue weighted by molar-refractivity contribution is 5.80. The summed E-state index contributed by atoms with van der Waals surface area (Å²) in [5, 5.41) is 11.3. The van der Waals surface area contributed by atoms with Gasteiger partial charge in [-0.1, -0.05) is 0 Å². The normalized spacial score (nSPS) is 16.9. The molecule has 0 aromatic carbocycles. The number of rotatable bonds is 4. The van der Waals surface area contributed by atoms with Gasteiger partial charge in [-0.15, -0.1) is 5.10 Å². The molecule has 0 bridgehead atoms. The molecule has 128 valence electrons. The van der Waals surface area contributed by atoms with Crippen molar-refractivity contribution in [3.8, 4) is 0 Å². The molecule has 0 aliphatic carbocycles. The number of aromatic nitrogens is 3. The minimum Gasteiger partial charge on any atom is -0.366 e. The van der Waals surface area contributed by atoms with Crippen LogP contribution >= 0.6 is 0 Å². The predicted molar refractivity (Wildman–Crippen MR) is 93.9 cm³/mol. The average molecular weight is 327 g/mol. The smallest absolute Gasteiger partial charge is 0.245 e. The number of nitrogens with one attached hydrogen (secondary N) is 1. The van der Waals surface area contributed by atoms with E-state index in [1.165, 1.54) is 0 Å². The first kappa shape index (κ1) is 16.5. The Labute approximate surface area is 142 Å². The van der Waals surface area contributed by atoms with Crippen LogP contribution in [0.15, 0.2) is 30.5 Å². The van der Waals surface area contributed by atoms with Gasteiger partial charge in [-0.25, -0.2) is 0 Å². The number of likely N-dealkylation sites (tertiary alicyclic amines) is 1. The van der Waals surface area contributed by atoms with Crippen molar-refractivity contribution in [2.75, 3.05) is 18.4 Å². The number of carbonyl (C=O) groups is 1. The molecular weight excluding hydrogens is 302 g/mol. The van der Waals surface area contributed by atoms with Crippen LogP contribution in [0.5, 0.6) is 0 Å². The fraction of sp³-hybridized carbons (Fsp3) is 0.500. The molecule has 3 rings (SSSR count). The molecule has 1 aliphatic rings. The Hall–Kier alpha value is -2.37. The largest absolute Gasteiger partial charge is 0.366 e. The van der Waals surface area contributed by atoms with Crippen molar-refractivity contribution in [1.82, 2.24) is 19.7 Å². The van der Waals surface area contributed by atoms with Crippen molar-refractivity contribution >= 4 is 11.7 Å². The lowest BCUT2D eigenvalue weighted by atomic mass is 10.0. The van der Waals surface area contributed by atoms with Gasteiger partial charge < -0.3 is 14.8 Å². The maximum Gasteiger partial charge on any atom is 0.245 e. The Morgan fingerprint density at radius 2 is 1.88 bits per heavy atom. The summed E-state index contributed by atoms with van der Waals surface area (Å²) < 4.78 is 2.12. The molecule has 1 aliphatic heterocycles. The van der Waals surface area contributed by atoms with Crippen LogP contribution in [0.2, 0.25) is 0 Å². The Balaban J connectivity index is 1.57. The van der Waals surface area contributed by atoms with Crippen LogP contribution in [0, 0.1) is 13.8 Å². The highest BCUT2D eigenvalue weighted by Gasteiger charge is 2.27. The number of amides is 1. The Morgan fingerprint density at radius 3 is 2.46 bits per heavy atom. The molecular formula is C18H25N5O. The van der Waals surface area contributed by atoms with E-state index >= 15 is 0 Å². The summed E-state index contributed by atoms with van der Waals surface area (Å²) in [6, 6.07) is 8.12. The lowest BCUT2D eigenvalue weighted by molar-refractivity contribution is -0.135. The summed E-state index contributed by atoms with van der Waals surface area (Å²) in [7, 11) is 0. The fourth-order valence-corrected chi connectivity index (χ4v) is 3.50. The van der Waals surface area contributed by atoms with Crippen LogP contribution in [0.4, 0.5) is 5.82 Å². The topological polar surface area (TPSA) is 63.1 Å². The molecule has 24 heavy (non-hydrogen) atoms. The summed E-state index contributed by atoms with van der Waals surface area (Å²) in [5.41, 5.74) is 2.26. The van der Waals surface area contributed by atoms with Crippen molar-refractivity contribution in [1.29, 1.82) is 0 Å². The molecule has 2 aromatic heterocycles. The maximum absolute atomic E-state index is 12.8. The molecule has 0 spiro atoms. The molecule has 1 fully saturated rings. The third-order valence-corrected chi connectivity index (χ3v) is 4.80. The first-order chi connectivity index (χ1) is 11.6. The molecule has 1 unspecified atom stereocenters. The van der Waals surface area contributed by atoms with Crippen LogP contribution in [-0.2, 0) is 4.79 Å². The standard InChI is InChI=1S/C18H25N5O/c1-13-6-7-14(2)23(13)15(3)18(24)22-11-8-16(9-12-22)20-17-5-4-10-19-21-17/h4-7,10,15-16H,8-9,11-12H2,1-3H3,(H,20,21). The molecule has 6 heteroatoms. The highest BCUT2D eigenvalue weighted by atomic mass is 16.2. The number of carbonyl (C=O) groups excluding carboxylic acids is 1.